The predicted octanol–water partition coefficient (Wildman–Crippen LogP) is 0.959. The monoisotopic (exact) mass is 300 g/mol. The van der Waals surface area contributed by atoms with Crippen molar-refractivity contribution in [3.63, 3.8) is 0 Å². The molecule has 1 amide bonds. The largest absolute Gasteiger partial charge is 0.399 e. The first-order chi connectivity index (χ1) is 9.33. The third-order valence-corrected chi connectivity index (χ3v) is 4.25. The summed E-state index contributed by atoms with van der Waals surface area (Å²) in [6, 6.07) is 7.36. The van der Waals surface area contributed by atoms with Crippen molar-refractivity contribution in [2.75, 3.05) is 24.6 Å². The van der Waals surface area contributed by atoms with Crippen molar-refractivity contribution in [3.8, 4) is 0 Å². The molecule has 1 atom stereocenters. The number of amides is 1. The SMILES string of the molecule is Nc1ccc(CCN2CC(CS(=O)(=O)F)CC2=O)cc1. The number of hydrogen-bond donors (Lipinski definition) is 1. The van der Waals surface area contributed by atoms with Gasteiger partial charge in [-0.1, -0.05) is 12.1 Å². The van der Waals surface area contributed by atoms with E-state index in [1.54, 1.807) is 17.0 Å². The van der Waals surface area contributed by atoms with Crippen LogP contribution in [0.5, 0.6) is 0 Å². The van der Waals surface area contributed by atoms with Crippen molar-refractivity contribution in [2.24, 2.45) is 5.92 Å². The van der Waals surface area contributed by atoms with Crippen LogP contribution >= 0.6 is 0 Å². The van der Waals surface area contributed by atoms with E-state index in [1.807, 2.05) is 12.1 Å². The molecule has 1 fully saturated rings. The molecule has 5 nitrogen and oxygen atoms in total. The molecule has 1 aromatic rings. The van der Waals surface area contributed by atoms with Gasteiger partial charge in [0.05, 0.1) is 5.75 Å². The normalized spacial score (nSPS) is 19.6. The van der Waals surface area contributed by atoms with Crippen LogP contribution in [0.1, 0.15) is 12.0 Å². The maximum Gasteiger partial charge on any atom is 0.302 e. The van der Waals surface area contributed by atoms with Gasteiger partial charge in [0.25, 0.3) is 0 Å². The molecule has 2 rings (SSSR count). The summed E-state index contributed by atoms with van der Waals surface area (Å²) in [5.74, 6) is -1.13. The second-order valence-corrected chi connectivity index (χ2v) is 6.52. The highest BCUT2D eigenvalue weighted by Crippen LogP contribution is 2.20. The lowest BCUT2D eigenvalue weighted by molar-refractivity contribution is -0.127. The predicted molar refractivity (Wildman–Crippen MR) is 74.1 cm³/mol. The second-order valence-electron chi connectivity index (χ2n) is 5.11. The Morgan fingerprint density at radius 3 is 2.55 bits per heavy atom. The van der Waals surface area contributed by atoms with E-state index < -0.39 is 21.9 Å². The summed E-state index contributed by atoms with van der Waals surface area (Å²) >= 11 is 0. The molecule has 1 aliphatic heterocycles. The molecular formula is C13H17FN2O3S. The Morgan fingerprint density at radius 1 is 1.30 bits per heavy atom. The number of anilines is 1. The van der Waals surface area contributed by atoms with E-state index in [0.717, 1.165) is 5.56 Å². The molecule has 1 aromatic carbocycles. The number of likely N-dealkylation sites (tertiary alicyclic amines) is 1. The summed E-state index contributed by atoms with van der Waals surface area (Å²) in [6.07, 6.45) is 0.770. The molecule has 1 saturated heterocycles. The standard InChI is InChI=1S/C13H17FN2O3S/c14-20(18,19)9-11-7-13(17)16(8-11)6-5-10-1-3-12(15)4-2-10/h1-4,11H,5-9,15H2. The van der Waals surface area contributed by atoms with Crippen LogP contribution in [0.15, 0.2) is 24.3 Å². The molecule has 0 aliphatic carbocycles. The quantitative estimate of drug-likeness (QED) is 0.649. The van der Waals surface area contributed by atoms with Crippen LogP contribution in [0.2, 0.25) is 0 Å². The maximum absolute atomic E-state index is 12.6. The van der Waals surface area contributed by atoms with Gasteiger partial charge in [-0.2, -0.15) is 8.42 Å². The molecule has 7 heteroatoms. The Morgan fingerprint density at radius 2 is 1.95 bits per heavy atom. The first kappa shape index (κ1) is 14.8. The molecule has 1 unspecified atom stereocenters. The maximum atomic E-state index is 12.6. The molecule has 0 radical (unpaired) electrons. The summed E-state index contributed by atoms with van der Waals surface area (Å²) in [5.41, 5.74) is 7.32. The lowest BCUT2D eigenvalue weighted by atomic mass is 10.1. The van der Waals surface area contributed by atoms with E-state index in [4.69, 9.17) is 5.73 Å². The minimum Gasteiger partial charge on any atom is -0.399 e. The zero-order valence-electron chi connectivity index (χ0n) is 11.0. The van der Waals surface area contributed by atoms with Crippen molar-refractivity contribution in [1.29, 1.82) is 0 Å². The molecule has 2 N–H and O–H groups in total. The summed E-state index contributed by atoms with van der Waals surface area (Å²) in [7, 11) is -4.52. The molecule has 0 saturated carbocycles. The third-order valence-electron chi connectivity index (χ3n) is 3.38. The minimum atomic E-state index is -4.52. The number of nitrogen functional groups attached to an aromatic ring is 1. The van der Waals surface area contributed by atoms with E-state index >= 15 is 0 Å². The molecule has 0 aromatic heterocycles. The number of carbonyl (C=O) groups is 1. The van der Waals surface area contributed by atoms with E-state index in [2.05, 4.69) is 0 Å². The second kappa shape index (κ2) is 5.78. The van der Waals surface area contributed by atoms with Crippen LogP contribution in [0.4, 0.5) is 9.57 Å². The highest BCUT2D eigenvalue weighted by atomic mass is 32.3. The fourth-order valence-electron chi connectivity index (χ4n) is 2.41. The number of nitrogens with zero attached hydrogens (tertiary/aromatic N) is 1. The van der Waals surface area contributed by atoms with E-state index in [1.165, 1.54) is 0 Å². The zero-order valence-corrected chi connectivity index (χ0v) is 11.8. The van der Waals surface area contributed by atoms with Gasteiger partial charge in [0.2, 0.25) is 5.91 Å². The van der Waals surface area contributed by atoms with Gasteiger partial charge in [-0.05, 0) is 24.1 Å². The Kier molecular flexibility index (Phi) is 4.27. The van der Waals surface area contributed by atoms with Crippen molar-refractivity contribution in [3.05, 3.63) is 29.8 Å². The molecule has 110 valence electrons. The van der Waals surface area contributed by atoms with Gasteiger partial charge in [0.1, 0.15) is 0 Å². The van der Waals surface area contributed by atoms with Gasteiger partial charge >= 0.3 is 10.2 Å². The topological polar surface area (TPSA) is 80.5 Å². The van der Waals surface area contributed by atoms with Crippen molar-refractivity contribution < 1.29 is 17.1 Å². The number of benzene rings is 1. The van der Waals surface area contributed by atoms with Gasteiger partial charge in [-0.3, -0.25) is 4.79 Å². The fourth-order valence-corrected chi connectivity index (χ4v) is 3.20. The molecular weight excluding hydrogens is 283 g/mol. The van der Waals surface area contributed by atoms with Crippen molar-refractivity contribution in [2.45, 2.75) is 12.8 Å². The van der Waals surface area contributed by atoms with Crippen LogP contribution < -0.4 is 5.73 Å². The number of carbonyl (C=O) groups excluding carboxylic acids is 1. The lowest BCUT2D eigenvalue weighted by Crippen LogP contribution is -2.28. The number of rotatable bonds is 5. The average Bonchev–Trinajstić information content (AvgIpc) is 2.66. The Labute approximate surface area is 117 Å². The van der Waals surface area contributed by atoms with E-state index in [9.17, 15) is 17.1 Å². The van der Waals surface area contributed by atoms with Crippen LogP contribution in [0, 0.1) is 5.92 Å². The smallest absolute Gasteiger partial charge is 0.302 e. The summed E-state index contributed by atoms with van der Waals surface area (Å²) in [4.78, 5) is 13.3. The summed E-state index contributed by atoms with van der Waals surface area (Å²) in [6.45, 7) is 0.808. The zero-order chi connectivity index (χ0) is 14.8. The minimum absolute atomic E-state index is 0.102. The van der Waals surface area contributed by atoms with Gasteiger partial charge in [0.15, 0.2) is 0 Å². The van der Waals surface area contributed by atoms with E-state index in [0.29, 0.717) is 25.2 Å². The van der Waals surface area contributed by atoms with Crippen LogP contribution in [0.25, 0.3) is 0 Å². The molecule has 0 spiro atoms. The number of hydrogen-bond acceptors (Lipinski definition) is 4. The molecule has 0 bridgehead atoms. The first-order valence-electron chi connectivity index (χ1n) is 6.38. The van der Waals surface area contributed by atoms with Crippen molar-refractivity contribution in [1.82, 2.24) is 4.90 Å². The highest BCUT2D eigenvalue weighted by molar-refractivity contribution is 7.86. The van der Waals surface area contributed by atoms with E-state index in [-0.39, 0.29) is 12.3 Å². The van der Waals surface area contributed by atoms with Crippen LogP contribution in [0.3, 0.4) is 0 Å². The van der Waals surface area contributed by atoms with Gasteiger partial charge < -0.3 is 10.6 Å². The number of nitrogens with two attached hydrogens (primary N) is 1. The van der Waals surface area contributed by atoms with Crippen molar-refractivity contribution >= 4 is 21.8 Å². The lowest BCUT2D eigenvalue weighted by Gasteiger charge is -2.16. The average molecular weight is 300 g/mol. The molecule has 20 heavy (non-hydrogen) atoms. The summed E-state index contributed by atoms with van der Waals surface area (Å²) < 4.78 is 33.8. The Balaban J connectivity index is 1.87. The fraction of sp³-hybridized carbons (Fsp3) is 0.462. The highest BCUT2D eigenvalue weighted by Gasteiger charge is 2.32. The third kappa shape index (κ3) is 4.19. The van der Waals surface area contributed by atoms with Gasteiger partial charge in [-0.15, -0.1) is 3.89 Å². The molecule has 1 aliphatic rings. The van der Waals surface area contributed by atoms with Crippen LogP contribution in [-0.2, 0) is 21.4 Å². The Hall–Kier alpha value is -1.63. The number of halogens is 1. The van der Waals surface area contributed by atoms with Gasteiger partial charge in [0, 0.05) is 31.1 Å². The van der Waals surface area contributed by atoms with Crippen LogP contribution in [-0.4, -0.2) is 38.1 Å². The first-order valence-corrected chi connectivity index (χ1v) is 7.93. The summed E-state index contributed by atoms with van der Waals surface area (Å²) in [5, 5.41) is 0. The molecule has 1 heterocycles. The Bertz CT molecular complexity index is 586. The van der Waals surface area contributed by atoms with Gasteiger partial charge in [-0.25, -0.2) is 0 Å².